The quantitative estimate of drug-likeness (QED) is 0.605. The Morgan fingerprint density at radius 2 is 1.24 bits per heavy atom. The van der Waals surface area contributed by atoms with Crippen LogP contribution in [0.3, 0.4) is 0 Å². The third-order valence-corrected chi connectivity index (χ3v) is 3.86. The van der Waals surface area contributed by atoms with E-state index in [0.29, 0.717) is 0 Å². The summed E-state index contributed by atoms with van der Waals surface area (Å²) < 4.78 is 140. The highest BCUT2D eigenvalue weighted by atomic mass is 32.2. The van der Waals surface area contributed by atoms with E-state index in [1.165, 1.54) is 0 Å². The Kier molecular flexibility index (Phi) is 4.07. The van der Waals surface area contributed by atoms with E-state index in [-0.39, 0.29) is 0 Å². The number of thioether (sulfide) groups is 1. The van der Waals surface area contributed by atoms with Crippen molar-refractivity contribution in [1.29, 1.82) is 0 Å². The largest absolute Gasteiger partial charge is 0.419 e. The fraction of sp³-hybridized carbons (Fsp3) is 0.778. The lowest BCUT2D eigenvalue weighted by atomic mass is 9.65. The first-order valence-corrected chi connectivity index (χ1v) is 6.01. The summed E-state index contributed by atoms with van der Waals surface area (Å²) in [6, 6.07) is 0. The van der Waals surface area contributed by atoms with Crippen molar-refractivity contribution in [3.05, 3.63) is 10.5 Å². The fourth-order valence-corrected chi connectivity index (χ4v) is 3.26. The predicted molar refractivity (Wildman–Crippen MR) is 50.7 cm³/mol. The van der Waals surface area contributed by atoms with Crippen LogP contribution in [-0.2, 0) is 0 Å². The van der Waals surface area contributed by atoms with E-state index in [2.05, 4.69) is 0 Å². The number of rotatable bonds is 2. The van der Waals surface area contributed by atoms with Gasteiger partial charge in [-0.2, -0.15) is 48.3 Å². The topological polar surface area (TPSA) is 0 Å². The SMILES string of the molecule is CCSC1=C(C(F)(F)F)C(F)(F)C1(C(F)(F)F)C(F)(F)F. The van der Waals surface area contributed by atoms with Gasteiger partial charge in [0.1, 0.15) is 5.57 Å². The second kappa shape index (κ2) is 4.66. The molecule has 12 heteroatoms. The van der Waals surface area contributed by atoms with Crippen LogP contribution < -0.4 is 0 Å². The number of hydrogen-bond acceptors (Lipinski definition) is 1. The summed E-state index contributed by atoms with van der Waals surface area (Å²) in [6.07, 6.45) is -19.2. The van der Waals surface area contributed by atoms with Gasteiger partial charge in [0.15, 0.2) is 0 Å². The first-order chi connectivity index (χ1) is 9.06. The average Bonchev–Trinajstić information content (AvgIpc) is 2.08. The summed E-state index contributed by atoms with van der Waals surface area (Å²) in [7, 11) is 0. The Labute approximate surface area is 114 Å². The van der Waals surface area contributed by atoms with E-state index in [9.17, 15) is 48.3 Å². The molecule has 0 aromatic heterocycles. The molecule has 1 aliphatic carbocycles. The molecule has 0 aliphatic heterocycles. The number of halogens is 11. The van der Waals surface area contributed by atoms with Crippen molar-refractivity contribution in [3.63, 3.8) is 0 Å². The lowest BCUT2D eigenvalue weighted by Crippen LogP contribution is -2.70. The van der Waals surface area contributed by atoms with Crippen molar-refractivity contribution >= 4 is 11.8 Å². The molecule has 0 spiro atoms. The maximum absolute atomic E-state index is 13.4. The molecule has 1 aliphatic rings. The second-order valence-electron chi connectivity index (χ2n) is 3.95. The number of alkyl halides is 11. The van der Waals surface area contributed by atoms with Crippen LogP contribution in [0.1, 0.15) is 6.92 Å². The molecule has 0 radical (unpaired) electrons. The van der Waals surface area contributed by atoms with Gasteiger partial charge >= 0.3 is 24.5 Å². The molecule has 0 atom stereocenters. The molecule has 0 aromatic carbocycles. The van der Waals surface area contributed by atoms with Gasteiger partial charge in [0, 0.05) is 4.91 Å². The van der Waals surface area contributed by atoms with Crippen LogP contribution in [0.4, 0.5) is 48.3 Å². The van der Waals surface area contributed by atoms with E-state index in [1.54, 1.807) is 0 Å². The van der Waals surface area contributed by atoms with E-state index in [1.807, 2.05) is 0 Å². The van der Waals surface area contributed by atoms with Gasteiger partial charge in [-0.25, -0.2) is 0 Å². The Morgan fingerprint density at radius 1 is 0.857 bits per heavy atom. The summed E-state index contributed by atoms with van der Waals surface area (Å²) in [4.78, 5) is -2.44. The zero-order valence-electron chi connectivity index (χ0n) is 9.77. The predicted octanol–water partition coefficient (Wildman–Crippen LogP) is 5.32. The van der Waals surface area contributed by atoms with Gasteiger partial charge in [0.2, 0.25) is 0 Å². The molecule has 0 heterocycles. The normalized spacial score (nSPS) is 22.3. The molecule has 124 valence electrons. The maximum Gasteiger partial charge on any atom is 0.419 e. The second-order valence-corrected chi connectivity index (χ2v) is 5.23. The molecular weight excluding hydrogens is 349 g/mol. The summed E-state index contributed by atoms with van der Waals surface area (Å²) in [5, 5.41) is 0. The minimum absolute atomic E-state index is 0.544. The van der Waals surface area contributed by atoms with E-state index in [0.717, 1.165) is 6.92 Å². The van der Waals surface area contributed by atoms with Crippen LogP contribution >= 0.6 is 11.8 Å². The molecule has 21 heavy (non-hydrogen) atoms. The highest BCUT2D eigenvalue weighted by Gasteiger charge is 2.92. The molecule has 0 N–H and O–H groups in total. The zero-order valence-corrected chi connectivity index (χ0v) is 10.6. The molecule has 0 aromatic rings. The van der Waals surface area contributed by atoms with Crippen LogP contribution in [0.2, 0.25) is 0 Å². The Balaban J connectivity index is 3.79. The van der Waals surface area contributed by atoms with Gasteiger partial charge in [-0.1, -0.05) is 6.92 Å². The third-order valence-electron chi connectivity index (χ3n) is 2.78. The number of allylic oxidation sites excluding steroid dienone is 2. The first kappa shape index (κ1) is 18.4. The lowest BCUT2D eigenvalue weighted by molar-refractivity contribution is -0.392. The molecule has 1 rings (SSSR count). The fourth-order valence-electron chi connectivity index (χ4n) is 2.00. The van der Waals surface area contributed by atoms with Gasteiger partial charge in [-0.15, -0.1) is 11.8 Å². The molecule has 0 saturated heterocycles. The zero-order chi connectivity index (χ0) is 17.1. The molecular formula is C9H5F11S. The summed E-state index contributed by atoms with van der Waals surface area (Å²) >= 11 is -0.544. The third kappa shape index (κ3) is 2.20. The molecule has 0 nitrogen and oxygen atoms in total. The Bertz CT molecular complexity index is 436. The van der Waals surface area contributed by atoms with E-state index < -0.39 is 57.9 Å². The van der Waals surface area contributed by atoms with Crippen molar-refractivity contribution in [2.75, 3.05) is 5.75 Å². The van der Waals surface area contributed by atoms with Crippen LogP contribution in [0, 0.1) is 5.41 Å². The summed E-state index contributed by atoms with van der Waals surface area (Å²) in [5.74, 6) is -6.81. The van der Waals surface area contributed by atoms with E-state index >= 15 is 0 Å². The molecule has 0 unspecified atom stereocenters. The van der Waals surface area contributed by atoms with Crippen LogP contribution in [0.5, 0.6) is 0 Å². The minimum Gasteiger partial charge on any atom is -0.199 e. The number of hydrogen-bond donors (Lipinski definition) is 0. The summed E-state index contributed by atoms with van der Waals surface area (Å²) in [6.45, 7) is 0.944. The van der Waals surface area contributed by atoms with Crippen LogP contribution in [-0.4, -0.2) is 30.2 Å². The molecule has 0 amide bonds. The lowest BCUT2D eigenvalue weighted by Gasteiger charge is -2.52. The monoisotopic (exact) mass is 354 g/mol. The van der Waals surface area contributed by atoms with Crippen molar-refractivity contribution < 1.29 is 48.3 Å². The minimum atomic E-state index is -6.62. The maximum atomic E-state index is 13.4. The van der Waals surface area contributed by atoms with Gasteiger partial charge in [0.05, 0.1) is 0 Å². The Morgan fingerprint density at radius 3 is 1.48 bits per heavy atom. The van der Waals surface area contributed by atoms with Crippen LogP contribution in [0.25, 0.3) is 0 Å². The van der Waals surface area contributed by atoms with Gasteiger partial charge < -0.3 is 0 Å². The summed E-state index contributed by atoms with van der Waals surface area (Å²) in [5.41, 5.74) is -8.91. The van der Waals surface area contributed by atoms with Gasteiger partial charge in [-0.05, 0) is 5.75 Å². The van der Waals surface area contributed by atoms with Crippen molar-refractivity contribution in [1.82, 2.24) is 0 Å². The standard InChI is InChI=1S/C9H5F11S/c1-2-21-4-3(7(12,13)14)6(10,11)5(4,8(15,16)17)9(18,19)20/h2H2,1H3. The van der Waals surface area contributed by atoms with Crippen molar-refractivity contribution in [3.8, 4) is 0 Å². The van der Waals surface area contributed by atoms with Gasteiger partial charge in [-0.3, -0.25) is 0 Å². The van der Waals surface area contributed by atoms with Crippen molar-refractivity contribution in [2.45, 2.75) is 31.4 Å². The molecule has 0 fully saturated rings. The molecule has 0 bridgehead atoms. The Hall–Kier alpha value is -0.680. The smallest absolute Gasteiger partial charge is 0.199 e. The highest BCUT2D eigenvalue weighted by Crippen LogP contribution is 2.75. The van der Waals surface area contributed by atoms with E-state index in [4.69, 9.17) is 0 Å². The highest BCUT2D eigenvalue weighted by molar-refractivity contribution is 8.03. The van der Waals surface area contributed by atoms with Crippen molar-refractivity contribution in [2.24, 2.45) is 5.41 Å². The average molecular weight is 354 g/mol. The first-order valence-electron chi connectivity index (χ1n) is 5.03. The molecule has 0 saturated carbocycles. The van der Waals surface area contributed by atoms with Gasteiger partial charge in [0.25, 0.3) is 5.41 Å². The van der Waals surface area contributed by atoms with Crippen LogP contribution in [0.15, 0.2) is 10.5 Å².